The van der Waals surface area contributed by atoms with Crippen LogP contribution in [-0.2, 0) is 14.8 Å². The van der Waals surface area contributed by atoms with Gasteiger partial charge in [-0.05, 0) is 6.42 Å². The van der Waals surface area contributed by atoms with Gasteiger partial charge in [0, 0.05) is 19.2 Å². The lowest BCUT2D eigenvalue weighted by atomic mass is 9.94. The molecule has 1 N–H and O–H groups in total. The Morgan fingerprint density at radius 3 is 1.53 bits per heavy atom. The smallest absolute Gasteiger partial charge is 0.460 e. The summed E-state index contributed by atoms with van der Waals surface area (Å²) in [5, 5.41) is 8.50. The van der Waals surface area contributed by atoms with Crippen LogP contribution in [0.3, 0.4) is 0 Å². The van der Waals surface area contributed by atoms with Crippen LogP contribution in [0.25, 0.3) is 0 Å². The van der Waals surface area contributed by atoms with Gasteiger partial charge in [-0.15, -0.1) is 0 Å². The van der Waals surface area contributed by atoms with Crippen LogP contribution >= 0.6 is 0 Å². The summed E-state index contributed by atoms with van der Waals surface area (Å²) >= 11 is 0. The van der Waals surface area contributed by atoms with Gasteiger partial charge in [-0.2, -0.15) is 57.1 Å². The Morgan fingerprint density at radius 1 is 0.812 bits per heavy atom. The molecule has 0 saturated heterocycles. The molecule has 0 aromatic rings. The highest BCUT2D eigenvalue weighted by Gasteiger charge is 2.90. The van der Waals surface area contributed by atoms with Crippen LogP contribution in [0.15, 0.2) is 12.2 Å². The number of sulfonamides is 1. The van der Waals surface area contributed by atoms with Crippen LogP contribution in [0.4, 0.5) is 57.1 Å². The summed E-state index contributed by atoms with van der Waals surface area (Å²) < 4.78 is 192. The topological polar surface area (TPSA) is 74.7 Å². The third-order valence-corrected chi connectivity index (χ3v) is 5.73. The molecule has 0 heterocycles. The first-order chi connectivity index (χ1) is 13.7. The van der Waals surface area contributed by atoms with E-state index in [2.05, 4.69) is 6.58 Å². The van der Waals surface area contributed by atoms with Gasteiger partial charge in [0.2, 0.25) is 10.0 Å². The highest BCUT2D eigenvalue weighted by molar-refractivity contribution is 7.89. The van der Waals surface area contributed by atoms with Gasteiger partial charge in [0.25, 0.3) is 0 Å². The molecule has 0 unspecified atom stereocenters. The number of hydrogen-bond acceptors (Lipinski definition) is 3. The van der Waals surface area contributed by atoms with E-state index in [1.165, 1.54) is 0 Å². The second-order valence-corrected chi connectivity index (χ2v) is 8.31. The van der Waals surface area contributed by atoms with Crippen molar-refractivity contribution in [2.45, 2.75) is 42.2 Å². The molecular weight excluding hydrogens is 513 g/mol. The van der Waals surface area contributed by atoms with E-state index in [0.717, 1.165) is 0 Å². The minimum absolute atomic E-state index is 0.300. The Kier molecular flexibility index (Phi) is 8.05. The number of aliphatic carboxylic acids is 1. The van der Waals surface area contributed by atoms with E-state index in [4.69, 9.17) is 5.11 Å². The maximum absolute atomic E-state index is 13.7. The number of alkyl halides is 13. The van der Waals surface area contributed by atoms with Crippen molar-refractivity contribution < 1.29 is 75.4 Å². The molecule has 32 heavy (non-hydrogen) atoms. The molecule has 19 heteroatoms. The largest absolute Gasteiger partial charge is 0.478 e. The van der Waals surface area contributed by atoms with Gasteiger partial charge < -0.3 is 5.11 Å². The Labute approximate surface area is 170 Å². The molecule has 190 valence electrons. The Bertz CT molecular complexity index is 835. The van der Waals surface area contributed by atoms with Gasteiger partial charge >= 0.3 is 41.8 Å². The van der Waals surface area contributed by atoms with Crippen molar-refractivity contribution >= 4 is 16.0 Å². The Hall–Kier alpha value is -1.79. The fraction of sp³-hybridized carbons (Fsp3) is 0.769. The normalized spacial score (nSPS) is 15.2. The third kappa shape index (κ3) is 5.07. The van der Waals surface area contributed by atoms with Crippen LogP contribution < -0.4 is 0 Å². The van der Waals surface area contributed by atoms with E-state index in [1.54, 1.807) is 0 Å². The van der Waals surface area contributed by atoms with Crippen molar-refractivity contribution in [1.82, 2.24) is 4.31 Å². The summed E-state index contributed by atoms with van der Waals surface area (Å²) in [6.07, 6.45) is -8.40. The molecule has 0 aliphatic rings. The summed E-state index contributed by atoms with van der Waals surface area (Å²) in [6.45, 7) is 1.81. The molecule has 0 aliphatic carbocycles. The lowest BCUT2D eigenvalue weighted by Gasteiger charge is -2.39. The minimum atomic E-state index is -8.14. The third-order valence-electron chi connectivity index (χ3n) is 3.87. The molecule has 0 spiro atoms. The maximum Gasteiger partial charge on any atom is 0.460 e. The fourth-order valence-corrected chi connectivity index (χ4v) is 3.00. The van der Waals surface area contributed by atoms with Gasteiger partial charge in [-0.3, -0.25) is 0 Å². The van der Waals surface area contributed by atoms with Crippen LogP contribution in [0, 0.1) is 0 Å². The molecule has 0 saturated carbocycles. The number of nitrogens with zero attached hydrogens (tertiary/aromatic N) is 1. The van der Waals surface area contributed by atoms with Crippen molar-refractivity contribution in [3.63, 3.8) is 0 Å². The quantitative estimate of drug-likeness (QED) is 0.327. The number of carboxylic acid groups (broad SMARTS) is 1. The van der Waals surface area contributed by atoms with Crippen LogP contribution in [-0.4, -0.2) is 78.9 Å². The van der Waals surface area contributed by atoms with Crippen LogP contribution in [0.2, 0.25) is 0 Å². The van der Waals surface area contributed by atoms with Crippen molar-refractivity contribution in [3.05, 3.63) is 12.2 Å². The number of carboxylic acids is 1. The molecule has 0 fully saturated rings. The molecule has 0 amide bonds. The molecule has 5 nitrogen and oxygen atoms in total. The summed E-state index contributed by atoms with van der Waals surface area (Å²) in [5.74, 6) is -43.9. The number of rotatable bonds is 11. The predicted molar refractivity (Wildman–Crippen MR) is 78.6 cm³/mol. The second-order valence-electron chi connectivity index (χ2n) is 6.24. The van der Waals surface area contributed by atoms with Gasteiger partial charge in [0.15, 0.2) is 0 Å². The van der Waals surface area contributed by atoms with Gasteiger partial charge in [0.1, 0.15) is 5.75 Å². The molecule has 0 atom stereocenters. The molecule has 0 aromatic heterocycles. The maximum atomic E-state index is 13.7. The number of halogens is 13. The van der Waals surface area contributed by atoms with Crippen LogP contribution in [0.5, 0.6) is 0 Å². The first kappa shape index (κ1) is 30.2. The van der Waals surface area contributed by atoms with Gasteiger partial charge in [0.05, 0.1) is 0 Å². The summed E-state index contributed by atoms with van der Waals surface area (Å²) in [7, 11) is -5.47. The lowest BCUT2D eigenvalue weighted by molar-refractivity contribution is -0.438. The van der Waals surface area contributed by atoms with Crippen molar-refractivity contribution in [1.29, 1.82) is 0 Å². The first-order valence-corrected chi connectivity index (χ1v) is 9.12. The van der Waals surface area contributed by atoms with Crippen molar-refractivity contribution in [2.24, 2.45) is 0 Å². The summed E-state index contributed by atoms with van der Waals surface area (Å²) in [4.78, 5) is 10.5. The summed E-state index contributed by atoms with van der Waals surface area (Å²) in [5.41, 5.74) is -0.732. The Morgan fingerprint density at radius 2 is 1.19 bits per heavy atom. The highest BCUT2D eigenvalue weighted by atomic mass is 32.2. The van der Waals surface area contributed by atoms with Gasteiger partial charge in [-0.25, -0.2) is 17.5 Å². The molecule has 0 radical (unpaired) electrons. The van der Waals surface area contributed by atoms with E-state index >= 15 is 0 Å². The summed E-state index contributed by atoms with van der Waals surface area (Å²) in [6, 6.07) is 0. The monoisotopic (exact) mass is 525 g/mol. The molecule has 0 aliphatic heterocycles. The van der Waals surface area contributed by atoms with E-state index in [9.17, 15) is 70.3 Å². The zero-order chi connectivity index (χ0) is 26.4. The average molecular weight is 525 g/mol. The van der Waals surface area contributed by atoms with Crippen molar-refractivity contribution in [2.75, 3.05) is 19.3 Å². The molecule has 0 bridgehead atoms. The number of hydrogen-bond donors (Lipinski definition) is 1. The zero-order valence-electron chi connectivity index (χ0n) is 15.3. The SMILES string of the molecule is C=C(CCN(C)S(=O)(=O)CC(F)(F)C(F)(F)C(F)(F)C(F)(F)C(F)(F)C(F)(F)F)C(=O)O. The zero-order valence-corrected chi connectivity index (χ0v) is 16.1. The van der Waals surface area contributed by atoms with Crippen LogP contribution in [0.1, 0.15) is 6.42 Å². The van der Waals surface area contributed by atoms with Crippen molar-refractivity contribution in [3.8, 4) is 0 Å². The number of carbonyl (C=O) groups is 1. The van der Waals surface area contributed by atoms with E-state index < -0.39 is 76.1 Å². The standard InChI is InChI=1S/C13H12F13NO4S/c1-6(7(28)29)3-4-27(2)32(30,31)5-8(14,15)9(16,17)10(18,19)11(20,21)12(22,23)13(24,25)26/h1,3-5H2,2H3,(H,28,29). The predicted octanol–water partition coefficient (Wildman–Crippen LogP) is 4.02. The molecule has 0 aromatic carbocycles. The first-order valence-electron chi connectivity index (χ1n) is 7.51. The van der Waals surface area contributed by atoms with E-state index in [0.29, 0.717) is 7.05 Å². The average Bonchev–Trinajstić information content (AvgIpc) is 2.56. The molecule has 0 rings (SSSR count). The fourth-order valence-electron chi connectivity index (χ4n) is 1.77. The molecular formula is C13H12F13NO4S. The van der Waals surface area contributed by atoms with E-state index in [-0.39, 0.29) is 4.31 Å². The second kappa shape index (κ2) is 8.53. The van der Waals surface area contributed by atoms with E-state index in [1.807, 2.05) is 0 Å². The lowest BCUT2D eigenvalue weighted by Crippen LogP contribution is -2.71. The Balaban J connectivity index is 6.09. The minimum Gasteiger partial charge on any atom is -0.478 e. The highest BCUT2D eigenvalue weighted by Crippen LogP contribution is 2.60. The van der Waals surface area contributed by atoms with Gasteiger partial charge in [-0.1, -0.05) is 6.58 Å².